The number of nitriles is 1. The summed E-state index contributed by atoms with van der Waals surface area (Å²) in [4.78, 5) is 14.1. The predicted octanol–water partition coefficient (Wildman–Crippen LogP) is 0.797. The van der Waals surface area contributed by atoms with Crippen molar-refractivity contribution in [2.24, 2.45) is 5.73 Å². The first kappa shape index (κ1) is 14.7. The van der Waals surface area contributed by atoms with Crippen molar-refractivity contribution in [3.8, 4) is 6.07 Å². The number of anilines is 1. The summed E-state index contributed by atoms with van der Waals surface area (Å²) in [6.07, 6.45) is 1.81. The number of para-hydroxylation sites is 1. The molecule has 7 nitrogen and oxygen atoms in total. The van der Waals surface area contributed by atoms with Gasteiger partial charge in [-0.1, -0.05) is 23.4 Å². The standard InChI is InChI=1S/C14H16N6O/c15-7-4-9-20(12-5-2-1-3-6-12)14(21)13-11-19(10-8-16)18-17-13/h1-3,5-6,11H,4,8-10,16H2. The average Bonchev–Trinajstić information content (AvgIpc) is 2.97. The van der Waals surface area contributed by atoms with E-state index in [4.69, 9.17) is 11.0 Å². The predicted molar refractivity (Wildman–Crippen MR) is 77.4 cm³/mol. The Kier molecular flexibility index (Phi) is 5.01. The van der Waals surface area contributed by atoms with E-state index in [1.165, 1.54) is 9.58 Å². The van der Waals surface area contributed by atoms with Crippen LogP contribution in [-0.2, 0) is 6.54 Å². The summed E-state index contributed by atoms with van der Waals surface area (Å²) in [6, 6.07) is 11.2. The van der Waals surface area contributed by atoms with Crippen LogP contribution >= 0.6 is 0 Å². The Labute approximate surface area is 122 Å². The molecular weight excluding hydrogens is 268 g/mol. The number of carbonyl (C=O) groups excluding carboxylic acids is 1. The topological polar surface area (TPSA) is 101 Å². The lowest BCUT2D eigenvalue weighted by Gasteiger charge is -2.20. The molecule has 1 aromatic carbocycles. The number of carbonyl (C=O) groups is 1. The van der Waals surface area contributed by atoms with Gasteiger partial charge < -0.3 is 10.6 Å². The summed E-state index contributed by atoms with van der Waals surface area (Å²) >= 11 is 0. The Hall–Kier alpha value is -2.72. The highest BCUT2D eigenvalue weighted by Crippen LogP contribution is 2.16. The van der Waals surface area contributed by atoms with Gasteiger partial charge in [-0.25, -0.2) is 0 Å². The van der Waals surface area contributed by atoms with Gasteiger partial charge in [0, 0.05) is 18.8 Å². The molecule has 0 saturated heterocycles. The van der Waals surface area contributed by atoms with Crippen molar-refractivity contribution >= 4 is 11.6 Å². The van der Waals surface area contributed by atoms with Gasteiger partial charge in [0.1, 0.15) is 0 Å². The molecule has 108 valence electrons. The number of hydrogen-bond acceptors (Lipinski definition) is 5. The molecule has 1 aromatic heterocycles. The van der Waals surface area contributed by atoms with E-state index in [9.17, 15) is 4.79 Å². The maximum atomic E-state index is 12.5. The summed E-state index contributed by atoms with van der Waals surface area (Å²) in [7, 11) is 0. The largest absolute Gasteiger partial charge is 0.329 e. The van der Waals surface area contributed by atoms with Crippen LogP contribution in [0.4, 0.5) is 5.69 Å². The molecule has 2 rings (SSSR count). The fraction of sp³-hybridized carbons (Fsp3) is 0.286. The molecule has 0 fully saturated rings. The van der Waals surface area contributed by atoms with Crippen molar-refractivity contribution in [1.29, 1.82) is 5.26 Å². The lowest BCUT2D eigenvalue weighted by molar-refractivity contribution is 0.0982. The van der Waals surface area contributed by atoms with Gasteiger partial charge in [0.25, 0.3) is 5.91 Å². The van der Waals surface area contributed by atoms with Gasteiger partial charge in [-0.15, -0.1) is 5.10 Å². The van der Waals surface area contributed by atoms with E-state index in [1.807, 2.05) is 36.4 Å². The van der Waals surface area contributed by atoms with E-state index >= 15 is 0 Å². The van der Waals surface area contributed by atoms with E-state index in [1.54, 1.807) is 6.20 Å². The van der Waals surface area contributed by atoms with Crippen molar-refractivity contribution in [3.63, 3.8) is 0 Å². The zero-order chi connectivity index (χ0) is 15.1. The quantitative estimate of drug-likeness (QED) is 0.845. The second kappa shape index (κ2) is 7.17. The van der Waals surface area contributed by atoms with Crippen LogP contribution in [0.3, 0.4) is 0 Å². The monoisotopic (exact) mass is 284 g/mol. The molecule has 0 radical (unpaired) electrons. The molecule has 0 unspecified atom stereocenters. The summed E-state index contributed by atoms with van der Waals surface area (Å²) in [5.41, 5.74) is 6.41. The molecule has 0 bridgehead atoms. The van der Waals surface area contributed by atoms with Crippen LogP contribution in [0.5, 0.6) is 0 Å². The van der Waals surface area contributed by atoms with Gasteiger partial charge in [-0.3, -0.25) is 9.48 Å². The number of rotatable bonds is 6. The third-order valence-corrected chi connectivity index (χ3v) is 2.88. The van der Waals surface area contributed by atoms with Gasteiger partial charge in [0.15, 0.2) is 5.69 Å². The minimum atomic E-state index is -0.278. The fourth-order valence-corrected chi connectivity index (χ4v) is 1.89. The van der Waals surface area contributed by atoms with E-state index < -0.39 is 0 Å². The molecule has 0 spiro atoms. The molecule has 21 heavy (non-hydrogen) atoms. The number of nitrogens with zero attached hydrogens (tertiary/aromatic N) is 5. The number of nitrogens with two attached hydrogens (primary N) is 1. The van der Waals surface area contributed by atoms with Crippen LogP contribution < -0.4 is 10.6 Å². The van der Waals surface area contributed by atoms with Crippen LogP contribution in [-0.4, -0.2) is 34.0 Å². The Bertz CT molecular complexity index is 630. The van der Waals surface area contributed by atoms with Gasteiger partial charge in [0.2, 0.25) is 0 Å². The maximum Gasteiger partial charge on any atom is 0.280 e. The lowest BCUT2D eigenvalue weighted by atomic mass is 10.2. The van der Waals surface area contributed by atoms with Crippen LogP contribution in [0.2, 0.25) is 0 Å². The number of aromatic nitrogens is 3. The fourth-order valence-electron chi connectivity index (χ4n) is 1.89. The number of hydrogen-bond donors (Lipinski definition) is 1. The molecule has 0 aliphatic carbocycles. The molecule has 0 aliphatic rings. The zero-order valence-electron chi connectivity index (χ0n) is 11.5. The zero-order valence-corrected chi connectivity index (χ0v) is 11.5. The normalized spacial score (nSPS) is 10.1. The van der Waals surface area contributed by atoms with E-state index in [2.05, 4.69) is 10.3 Å². The van der Waals surface area contributed by atoms with Crippen LogP contribution in [0, 0.1) is 11.3 Å². The number of amides is 1. The third kappa shape index (κ3) is 3.64. The summed E-state index contributed by atoms with van der Waals surface area (Å²) in [6.45, 7) is 1.24. The van der Waals surface area contributed by atoms with Crippen molar-refractivity contribution in [2.45, 2.75) is 13.0 Å². The minimum absolute atomic E-state index is 0.241. The van der Waals surface area contributed by atoms with E-state index in [-0.39, 0.29) is 18.0 Å². The second-order valence-electron chi connectivity index (χ2n) is 4.36. The molecule has 0 atom stereocenters. The lowest BCUT2D eigenvalue weighted by Crippen LogP contribution is -2.32. The molecule has 0 aliphatic heterocycles. The first-order chi connectivity index (χ1) is 10.3. The van der Waals surface area contributed by atoms with Crippen molar-refractivity contribution in [1.82, 2.24) is 15.0 Å². The van der Waals surface area contributed by atoms with Crippen LogP contribution in [0.15, 0.2) is 36.5 Å². The second-order valence-corrected chi connectivity index (χ2v) is 4.36. The number of benzene rings is 1. The first-order valence-corrected chi connectivity index (χ1v) is 6.60. The van der Waals surface area contributed by atoms with Gasteiger partial charge in [-0.2, -0.15) is 5.26 Å². The SMILES string of the molecule is N#CCCN(C(=O)c1cn(CCN)nn1)c1ccccc1. The highest BCUT2D eigenvalue weighted by molar-refractivity contribution is 6.04. The Balaban J connectivity index is 2.23. The summed E-state index contributed by atoms with van der Waals surface area (Å²) in [5.74, 6) is -0.278. The van der Waals surface area contributed by atoms with Crippen molar-refractivity contribution in [2.75, 3.05) is 18.0 Å². The Morgan fingerprint density at radius 3 is 2.81 bits per heavy atom. The van der Waals surface area contributed by atoms with Gasteiger partial charge in [0.05, 0.1) is 25.2 Å². The maximum absolute atomic E-state index is 12.5. The van der Waals surface area contributed by atoms with E-state index in [0.29, 0.717) is 19.6 Å². The average molecular weight is 284 g/mol. The molecular formula is C14H16N6O. The van der Waals surface area contributed by atoms with E-state index in [0.717, 1.165) is 5.69 Å². The smallest absolute Gasteiger partial charge is 0.280 e. The Morgan fingerprint density at radius 1 is 1.38 bits per heavy atom. The molecule has 1 amide bonds. The molecule has 2 aromatic rings. The molecule has 2 N–H and O–H groups in total. The highest BCUT2D eigenvalue weighted by Gasteiger charge is 2.20. The molecule has 7 heteroatoms. The van der Waals surface area contributed by atoms with Crippen molar-refractivity contribution in [3.05, 3.63) is 42.2 Å². The molecule has 1 heterocycles. The van der Waals surface area contributed by atoms with Crippen LogP contribution in [0.25, 0.3) is 0 Å². The third-order valence-electron chi connectivity index (χ3n) is 2.88. The Morgan fingerprint density at radius 2 is 2.14 bits per heavy atom. The first-order valence-electron chi connectivity index (χ1n) is 6.60. The summed E-state index contributed by atoms with van der Waals surface area (Å²) in [5, 5.41) is 16.5. The minimum Gasteiger partial charge on any atom is -0.329 e. The van der Waals surface area contributed by atoms with Crippen LogP contribution in [0.1, 0.15) is 16.9 Å². The van der Waals surface area contributed by atoms with Gasteiger partial charge in [-0.05, 0) is 12.1 Å². The summed E-state index contributed by atoms with van der Waals surface area (Å²) < 4.78 is 1.53. The highest BCUT2D eigenvalue weighted by atomic mass is 16.2. The molecule has 0 saturated carbocycles. The van der Waals surface area contributed by atoms with Crippen molar-refractivity contribution < 1.29 is 4.79 Å². The van der Waals surface area contributed by atoms with Gasteiger partial charge >= 0.3 is 0 Å².